The largest absolute Gasteiger partial charge is 0.493 e. The number of ether oxygens (including phenoxy) is 5. The van der Waals surface area contributed by atoms with Crippen molar-refractivity contribution < 1.29 is 46.2 Å². The summed E-state index contributed by atoms with van der Waals surface area (Å²) >= 11 is 1.05. The van der Waals surface area contributed by atoms with E-state index in [0.29, 0.717) is 50.3 Å². The van der Waals surface area contributed by atoms with Gasteiger partial charge in [-0.1, -0.05) is 16.5 Å². The molecule has 0 radical (unpaired) electrons. The van der Waals surface area contributed by atoms with Crippen molar-refractivity contribution in [2.45, 2.75) is 6.18 Å². The Labute approximate surface area is 246 Å². The molecule has 0 aliphatic carbocycles. The zero-order valence-corrected chi connectivity index (χ0v) is 24.0. The highest BCUT2D eigenvalue weighted by Gasteiger charge is 2.31. The van der Waals surface area contributed by atoms with Gasteiger partial charge in [-0.2, -0.15) is 13.2 Å². The van der Waals surface area contributed by atoms with Crippen molar-refractivity contribution in [3.63, 3.8) is 0 Å². The van der Waals surface area contributed by atoms with Crippen LogP contribution in [0.5, 0.6) is 28.7 Å². The van der Waals surface area contributed by atoms with E-state index >= 15 is 0 Å². The minimum atomic E-state index is -4.49. The highest BCUT2D eigenvalue weighted by molar-refractivity contribution is 7.22. The topological polar surface area (TPSA) is 114 Å². The van der Waals surface area contributed by atoms with Crippen LogP contribution >= 0.6 is 11.3 Å². The number of fused-ring (bicyclic) bond motifs is 1. The Bertz CT molecular complexity index is 1760. The molecule has 0 unspecified atom stereocenters. The maximum absolute atomic E-state index is 13.0. The lowest BCUT2D eigenvalue weighted by Gasteiger charge is -2.13. The van der Waals surface area contributed by atoms with Crippen molar-refractivity contribution in [2.24, 2.45) is 0 Å². The lowest BCUT2D eigenvalue weighted by Crippen LogP contribution is -2.20. The van der Waals surface area contributed by atoms with Gasteiger partial charge in [0.1, 0.15) is 5.69 Å². The quantitative estimate of drug-likeness (QED) is 0.184. The Morgan fingerprint density at radius 3 is 2.21 bits per heavy atom. The minimum absolute atomic E-state index is 0.128. The van der Waals surface area contributed by atoms with E-state index in [1.54, 1.807) is 36.4 Å². The molecule has 1 N–H and O–H groups in total. The fourth-order valence-electron chi connectivity index (χ4n) is 4.17. The maximum Gasteiger partial charge on any atom is 0.416 e. The number of nitrogens with one attached hydrogen (secondary N) is 1. The monoisotopic (exact) mass is 615 g/mol. The molecule has 0 aliphatic heterocycles. The molecule has 14 heteroatoms. The van der Waals surface area contributed by atoms with Crippen molar-refractivity contribution in [3.05, 3.63) is 60.2 Å². The lowest BCUT2D eigenvalue weighted by atomic mass is 10.1. The first-order chi connectivity index (χ1) is 20.6. The third-order valence-corrected chi connectivity index (χ3v) is 7.19. The fourth-order valence-corrected chi connectivity index (χ4v) is 5.04. The molecule has 5 rings (SSSR count). The number of benzene rings is 3. The molecule has 10 nitrogen and oxygen atoms in total. The number of alkyl halides is 3. The van der Waals surface area contributed by atoms with E-state index < -0.39 is 24.3 Å². The molecule has 0 spiro atoms. The van der Waals surface area contributed by atoms with Crippen LogP contribution in [0.15, 0.2) is 59.1 Å². The average Bonchev–Trinajstić information content (AvgIpc) is 3.65. The van der Waals surface area contributed by atoms with Gasteiger partial charge in [0, 0.05) is 17.2 Å². The number of anilines is 1. The number of carbonyl (C=O) groups is 1. The zero-order valence-electron chi connectivity index (χ0n) is 23.2. The molecule has 0 bridgehead atoms. The van der Waals surface area contributed by atoms with Gasteiger partial charge in [0.05, 0.1) is 44.2 Å². The van der Waals surface area contributed by atoms with E-state index in [-0.39, 0.29) is 16.4 Å². The van der Waals surface area contributed by atoms with Gasteiger partial charge < -0.3 is 28.2 Å². The Balaban J connectivity index is 1.31. The number of nitrogens with zero attached hydrogens (tertiary/aromatic N) is 2. The maximum atomic E-state index is 13.0. The summed E-state index contributed by atoms with van der Waals surface area (Å²) in [5, 5.41) is 6.87. The third-order valence-electron chi connectivity index (χ3n) is 6.24. The van der Waals surface area contributed by atoms with Crippen molar-refractivity contribution in [3.8, 4) is 51.3 Å². The Morgan fingerprint density at radius 1 is 0.860 bits per heavy atom. The first-order valence-electron chi connectivity index (χ1n) is 12.5. The van der Waals surface area contributed by atoms with Gasteiger partial charge in [-0.05, 0) is 48.5 Å². The summed E-state index contributed by atoms with van der Waals surface area (Å²) in [7, 11) is 5.99. The number of hydrogen-bond acceptors (Lipinski definition) is 10. The van der Waals surface area contributed by atoms with Gasteiger partial charge in [0.15, 0.2) is 40.5 Å². The van der Waals surface area contributed by atoms with E-state index in [0.717, 1.165) is 23.5 Å². The van der Waals surface area contributed by atoms with E-state index in [9.17, 15) is 18.0 Å². The number of rotatable bonds is 10. The van der Waals surface area contributed by atoms with Gasteiger partial charge in [0.2, 0.25) is 5.75 Å². The smallest absolute Gasteiger partial charge is 0.416 e. The summed E-state index contributed by atoms with van der Waals surface area (Å²) in [4.78, 5) is 16.7. The SMILES string of the molecule is COc1ccc(-c2cc(-c3cc(OC)c(OC)c(OC)c3)no2)cc1OCC(=O)Nc1nc2cc(C(F)(F)F)ccc2s1. The molecule has 2 aromatic heterocycles. The van der Waals surface area contributed by atoms with Crippen LogP contribution in [0, 0.1) is 0 Å². The van der Waals surface area contributed by atoms with Crippen LogP contribution < -0.4 is 29.0 Å². The summed E-state index contributed by atoms with van der Waals surface area (Å²) in [5.41, 5.74) is 1.07. The number of hydrogen-bond donors (Lipinski definition) is 1. The number of halogens is 3. The third kappa shape index (κ3) is 6.28. The molecular weight excluding hydrogens is 591 g/mol. The predicted molar refractivity (Wildman–Crippen MR) is 152 cm³/mol. The van der Waals surface area contributed by atoms with Crippen LogP contribution in [0.4, 0.5) is 18.3 Å². The molecule has 0 saturated carbocycles. The highest BCUT2D eigenvalue weighted by Crippen LogP contribution is 2.42. The second-order valence-corrected chi connectivity index (χ2v) is 9.92. The van der Waals surface area contributed by atoms with Crippen LogP contribution in [0.1, 0.15) is 5.56 Å². The van der Waals surface area contributed by atoms with E-state index in [1.165, 1.54) is 34.5 Å². The number of carbonyl (C=O) groups excluding carboxylic acids is 1. The van der Waals surface area contributed by atoms with Crippen molar-refractivity contribution >= 4 is 32.6 Å². The first-order valence-corrected chi connectivity index (χ1v) is 13.3. The summed E-state index contributed by atoms with van der Waals surface area (Å²) < 4.78 is 72.4. The number of aromatic nitrogens is 2. The van der Waals surface area contributed by atoms with Gasteiger partial charge in [-0.25, -0.2) is 4.98 Å². The van der Waals surface area contributed by atoms with Crippen LogP contribution in [-0.4, -0.2) is 51.1 Å². The molecule has 0 saturated heterocycles. The molecule has 0 fully saturated rings. The molecule has 1 amide bonds. The van der Waals surface area contributed by atoms with Gasteiger partial charge in [0.25, 0.3) is 5.91 Å². The average molecular weight is 616 g/mol. The van der Waals surface area contributed by atoms with Crippen molar-refractivity contribution in [1.29, 1.82) is 0 Å². The Hall–Kier alpha value is -4.98. The summed E-state index contributed by atoms with van der Waals surface area (Å²) in [6, 6.07) is 13.4. The molecular formula is C29H24F3N3O7S. The lowest BCUT2D eigenvalue weighted by molar-refractivity contribution is -0.137. The van der Waals surface area contributed by atoms with Crippen LogP contribution in [0.2, 0.25) is 0 Å². The van der Waals surface area contributed by atoms with Gasteiger partial charge >= 0.3 is 6.18 Å². The van der Waals surface area contributed by atoms with Crippen molar-refractivity contribution in [1.82, 2.24) is 10.1 Å². The number of thiazole rings is 1. The zero-order chi connectivity index (χ0) is 30.7. The fraction of sp³-hybridized carbons (Fsp3) is 0.207. The molecule has 2 heterocycles. The summed E-state index contributed by atoms with van der Waals surface area (Å²) in [5.74, 6) is 1.81. The summed E-state index contributed by atoms with van der Waals surface area (Å²) in [6.07, 6.45) is -4.49. The van der Waals surface area contributed by atoms with Gasteiger partial charge in [-0.3, -0.25) is 10.1 Å². The molecule has 3 aromatic carbocycles. The molecule has 0 aliphatic rings. The van der Waals surface area contributed by atoms with Crippen LogP contribution in [-0.2, 0) is 11.0 Å². The number of amides is 1. The molecule has 0 atom stereocenters. The van der Waals surface area contributed by atoms with E-state index in [4.69, 9.17) is 28.2 Å². The van der Waals surface area contributed by atoms with E-state index in [2.05, 4.69) is 15.5 Å². The molecule has 43 heavy (non-hydrogen) atoms. The second kappa shape index (κ2) is 12.1. The van der Waals surface area contributed by atoms with Crippen LogP contribution in [0.3, 0.4) is 0 Å². The standard InChI is InChI=1S/C29H24F3N3O7S/c1-37-20-7-5-15(21-13-18(35-42-21)16-10-23(38-2)27(40-4)24(11-16)39-3)9-22(20)41-14-26(36)34-28-33-19-12-17(29(30,31)32)6-8-25(19)43-28/h5-13H,14H2,1-4H3,(H,33,34,36). The number of methoxy groups -OCH3 is 4. The van der Waals surface area contributed by atoms with Gasteiger partial charge in [-0.15, -0.1) is 0 Å². The normalized spacial score (nSPS) is 11.3. The van der Waals surface area contributed by atoms with Crippen molar-refractivity contribution in [2.75, 3.05) is 40.4 Å². The van der Waals surface area contributed by atoms with Crippen LogP contribution in [0.25, 0.3) is 32.8 Å². The Morgan fingerprint density at radius 2 is 1.56 bits per heavy atom. The molecule has 5 aromatic rings. The minimum Gasteiger partial charge on any atom is -0.493 e. The Kier molecular flexibility index (Phi) is 8.30. The summed E-state index contributed by atoms with van der Waals surface area (Å²) in [6.45, 7) is -0.420. The second-order valence-electron chi connectivity index (χ2n) is 8.89. The van der Waals surface area contributed by atoms with E-state index in [1.807, 2.05) is 0 Å². The first kappa shape index (κ1) is 29.5. The predicted octanol–water partition coefficient (Wildman–Crippen LogP) is 6.69. The highest BCUT2D eigenvalue weighted by atomic mass is 32.1. The molecule has 224 valence electrons.